The van der Waals surface area contributed by atoms with Gasteiger partial charge in [0, 0.05) is 12.4 Å². The predicted octanol–water partition coefficient (Wildman–Crippen LogP) is 1.64. The van der Waals surface area contributed by atoms with Crippen LogP contribution in [-0.2, 0) is 9.59 Å². The Hall–Kier alpha value is -2.10. The highest BCUT2D eigenvalue weighted by atomic mass is 16.2. The van der Waals surface area contributed by atoms with Gasteiger partial charge in [0.05, 0.1) is 28.8 Å². The van der Waals surface area contributed by atoms with E-state index in [4.69, 9.17) is 0 Å². The molecule has 0 N–H and O–H groups in total. The number of carbonyl (C=O) groups is 2. The molecule has 3 aliphatic rings. The van der Waals surface area contributed by atoms with Crippen LogP contribution in [0.3, 0.4) is 0 Å². The lowest BCUT2D eigenvalue weighted by Crippen LogP contribution is -2.32. The van der Waals surface area contributed by atoms with Gasteiger partial charge >= 0.3 is 0 Å². The van der Waals surface area contributed by atoms with Crippen LogP contribution in [0.15, 0.2) is 44.7 Å². The van der Waals surface area contributed by atoms with E-state index in [2.05, 4.69) is 9.98 Å². The SMILES string of the molecule is CC1=CC2C(=O)C3=C(C=C2N=C1)N=CC(C)C3=O. The lowest BCUT2D eigenvalue weighted by molar-refractivity contribution is -0.123. The van der Waals surface area contributed by atoms with Crippen molar-refractivity contribution < 1.29 is 9.59 Å². The molecule has 0 aromatic rings. The maximum absolute atomic E-state index is 12.4. The quantitative estimate of drug-likeness (QED) is 0.604. The van der Waals surface area contributed by atoms with Crippen molar-refractivity contribution in [1.82, 2.24) is 0 Å². The molecule has 2 aliphatic heterocycles. The van der Waals surface area contributed by atoms with E-state index < -0.39 is 5.92 Å². The van der Waals surface area contributed by atoms with E-state index in [1.54, 1.807) is 25.4 Å². The molecule has 1 aliphatic carbocycles. The Morgan fingerprint density at radius 2 is 1.94 bits per heavy atom. The fourth-order valence-corrected chi connectivity index (χ4v) is 2.32. The molecule has 0 radical (unpaired) electrons. The van der Waals surface area contributed by atoms with Gasteiger partial charge in [-0.3, -0.25) is 19.6 Å². The molecule has 3 rings (SSSR count). The van der Waals surface area contributed by atoms with Crippen LogP contribution in [0.2, 0.25) is 0 Å². The summed E-state index contributed by atoms with van der Waals surface area (Å²) in [5.74, 6) is -1.05. The van der Waals surface area contributed by atoms with Gasteiger partial charge in [-0.15, -0.1) is 0 Å². The highest BCUT2D eigenvalue weighted by Crippen LogP contribution is 2.34. The van der Waals surface area contributed by atoms with Crippen molar-refractivity contribution in [3.63, 3.8) is 0 Å². The van der Waals surface area contributed by atoms with Crippen LogP contribution in [0.5, 0.6) is 0 Å². The van der Waals surface area contributed by atoms with Gasteiger partial charge in [-0.1, -0.05) is 13.0 Å². The van der Waals surface area contributed by atoms with Crippen molar-refractivity contribution in [2.75, 3.05) is 0 Å². The van der Waals surface area contributed by atoms with E-state index in [-0.39, 0.29) is 23.1 Å². The number of fused-ring (bicyclic) bond motifs is 1. The van der Waals surface area contributed by atoms with Crippen molar-refractivity contribution in [2.45, 2.75) is 13.8 Å². The van der Waals surface area contributed by atoms with E-state index in [0.29, 0.717) is 11.4 Å². The van der Waals surface area contributed by atoms with Crippen molar-refractivity contribution in [3.05, 3.63) is 34.7 Å². The third-order valence-corrected chi connectivity index (χ3v) is 3.33. The number of allylic oxidation sites excluding steroid dienone is 4. The summed E-state index contributed by atoms with van der Waals surface area (Å²) >= 11 is 0. The number of dihydropyridines is 1. The first kappa shape index (κ1) is 11.0. The van der Waals surface area contributed by atoms with Gasteiger partial charge in [-0.2, -0.15) is 0 Å². The highest BCUT2D eigenvalue weighted by Gasteiger charge is 2.37. The van der Waals surface area contributed by atoms with Gasteiger partial charge in [0.25, 0.3) is 0 Å². The highest BCUT2D eigenvalue weighted by molar-refractivity contribution is 6.27. The second kappa shape index (κ2) is 3.70. The topological polar surface area (TPSA) is 58.9 Å². The van der Waals surface area contributed by atoms with Crippen LogP contribution < -0.4 is 0 Å². The van der Waals surface area contributed by atoms with Crippen LogP contribution in [-0.4, -0.2) is 24.0 Å². The van der Waals surface area contributed by atoms with Crippen molar-refractivity contribution in [2.24, 2.45) is 21.8 Å². The van der Waals surface area contributed by atoms with E-state index in [9.17, 15) is 9.59 Å². The lowest BCUT2D eigenvalue weighted by Gasteiger charge is -2.25. The van der Waals surface area contributed by atoms with Crippen LogP contribution in [0.4, 0.5) is 0 Å². The second-order valence-corrected chi connectivity index (χ2v) is 4.77. The Morgan fingerprint density at radius 1 is 1.17 bits per heavy atom. The summed E-state index contributed by atoms with van der Waals surface area (Å²) in [5.41, 5.74) is 2.30. The summed E-state index contributed by atoms with van der Waals surface area (Å²) in [7, 11) is 0. The second-order valence-electron chi connectivity index (χ2n) is 4.77. The van der Waals surface area contributed by atoms with E-state index >= 15 is 0 Å². The zero-order valence-corrected chi connectivity index (χ0v) is 10.2. The van der Waals surface area contributed by atoms with Crippen LogP contribution in [0.1, 0.15) is 13.8 Å². The molecule has 0 saturated heterocycles. The molecule has 0 aromatic heterocycles. The maximum atomic E-state index is 12.4. The molecular formula is C14H12N2O2. The number of Topliss-reactive ketones (excluding diaryl/α,β-unsaturated/α-hetero) is 2. The zero-order valence-electron chi connectivity index (χ0n) is 10.2. The molecule has 2 atom stereocenters. The van der Waals surface area contributed by atoms with Gasteiger partial charge in [-0.25, -0.2) is 0 Å². The normalized spacial score (nSPS) is 29.9. The Balaban J connectivity index is 2.14. The first-order valence-electron chi connectivity index (χ1n) is 5.89. The first-order chi connectivity index (χ1) is 8.58. The third-order valence-electron chi connectivity index (χ3n) is 3.33. The fraction of sp³-hybridized carbons (Fsp3) is 0.286. The largest absolute Gasteiger partial charge is 0.293 e. The maximum Gasteiger partial charge on any atom is 0.181 e. The van der Waals surface area contributed by atoms with Crippen molar-refractivity contribution in [3.8, 4) is 0 Å². The summed E-state index contributed by atoms with van der Waals surface area (Å²) in [5, 5.41) is 0. The van der Waals surface area contributed by atoms with Crippen molar-refractivity contribution in [1.29, 1.82) is 0 Å². The Kier molecular flexibility index (Phi) is 2.26. The first-order valence-corrected chi connectivity index (χ1v) is 5.89. The molecule has 0 aromatic carbocycles. The minimum Gasteiger partial charge on any atom is -0.293 e. The van der Waals surface area contributed by atoms with Crippen LogP contribution in [0.25, 0.3) is 0 Å². The Morgan fingerprint density at radius 3 is 2.72 bits per heavy atom. The Labute approximate surface area is 105 Å². The molecule has 90 valence electrons. The van der Waals surface area contributed by atoms with E-state index in [1.807, 2.05) is 13.0 Å². The van der Waals surface area contributed by atoms with Gasteiger partial charge < -0.3 is 0 Å². The monoisotopic (exact) mass is 240 g/mol. The fourth-order valence-electron chi connectivity index (χ4n) is 2.32. The number of carbonyl (C=O) groups excluding carboxylic acids is 2. The molecule has 0 spiro atoms. The molecule has 0 amide bonds. The number of hydrogen-bond acceptors (Lipinski definition) is 4. The minimum atomic E-state index is -0.418. The number of aliphatic imine (C=N–C) groups is 2. The van der Waals surface area contributed by atoms with Gasteiger partial charge in [0.2, 0.25) is 0 Å². The minimum absolute atomic E-state index is 0.138. The average Bonchev–Trinajstić information content (AvgIpc) is 2.35. The van der Waals surface area contributed by atoms with Gasteiger partial charge in [0.1, 0.15) is 0 Å². The molecule has 0 fully saturated rings. The Bertz CT molecular complexity index is 618. The summed E-state index contributed by atoms with van der Waals surface area (Å²) < 4.78 is 0. The number of rotatable bonds is 0. The molecule has 4 heteroatoms. The molecule has 2 heterocycles. The summed E-state index contributed by atoms with van der Waals surface area (Å²) in [6, 6.07) is 0. The summed E-state index contributed by atoms with van der Waals surface area (Å²) in [6.45, 7) is 3.64. The summed E-state index contributed by atoms with van der Waals surface area (Å²) in [4.78, 5) is 32.9. The van der Waals surface area contributed by atoms with Gasteiger partial charge in [-0.05, 0) is 18.6 Å². The predicted molar refractivity (Wildman–Crippen MR) is 68.5 cm³/mol. The number of hydrogen-bond donors (Lipinski definition) is 0. The lowest BCUT2D eigenvalue weighted by atomic mass is 9.81. The van der Waals surface area contributed by atoms with Gasteiger partial charge in [0.15, 0.2) is 11.6 Å². The van der Waals surface area contributed by atoms with E-state index in [1.165, 1.54) is 0 Å². The van der Waals surface area contributed by atoms with Crippen LogP contribution >= 0.6 is 0 Å². The number of nitrogens with zero attached hydrogens (tertiary/aromatic N) is 2. The number of ketones is 2. The smallest absolute Gasteiger partial charge is 0.181 e. The summed E-state index contributed by atoms with van der Waals surface area (Å²) in [6.07, 6.45) is 6.89. The molecule has 2 unspecified atom stereocenters. The van der Waals surface area contributed by atoms with Crippen LogP contribution in [0, 0.1) is 11.8 Å². The molecular weight excluding hydrogens is 228 g/mol. The zero-order chi connectivity index (χ0) is 12.9. The standard InChI is InChI=1S/C14H12N2O2/c1-7-3-9-10(15-5-7)4-11-12(14(9)18)13(17)8(2)6-16-11/h3-6,8-9H,1-2H3. The molecule has 4 nitrogen and oxygen atoms in total. The third kappa shape index (κ3) is 1.45. The average molecular weight is 240 g/mol. The molecule has 0 saturated carbocycles. The molecule has 18 heavy (non-hydrogen) atoms. The van der Waals surface area contributed by atoms with E-state index in [0.717, 1.165) is 5.57 Å². The van der Waals surface area contributed by atoms with Crippen molar-refractivity contribution >= 4 is 24.0 Å². The molecule has 0 bridgehead atoms.